The van der Waals surface area contributed by atoms with Crippen LogP contribution in [0.5, 0.6) is 5.75 Å². The molecule has 0 saturated carbocycles. The number of amides is 1. The highest BCUT2D eigenvalue weighted by atomic mass is 16.5. The number of piperidine rings is 2. The molecule has 3 heterocycles. The number of nitrogens with one attached hydrogen (secondary N) is 1. The SMILES string of the molecule is Cc1ccc(OC2(C(=O)N3CCCC[C@H]3c3cccnc3)CCNCC2)cc1. The molecule has 0 aliphatic carbocycles. The van der Waals surface area contributed by atoms with Gasteiger partial charge in [-0.25, -0.2) is 0 Å². The van der Waals surface area contributed by atoms with Gasteiger partial charge in [0, 0.05) is 31.8 Å². The van der Waals surface area contributed by atoms with E-state index in [0.717, 1.165) is 50.2 Å². The predicted molar refractivity (Wildman–Crippen MR) is 109 cm³/mol. The fourth-order valence-electron chi connectivity index (χ4n) is 4.38. The molecule has 2 aliphatic heterocycles. The van der Waals surface area contributed by atoms with E-state index in [1.165, 1.54) is 5.56 Å². The Bertz CT molecular complexity index is 785. The molecule has 1 aromatic heterocycles. The summed E-state index contributed by atoms with van der Waals surface area (Å²) in [6, 6.07) is 12.1. The first-order valence-corrected chi connectivity index (χ1v) is 10.4. The summed E-state index contributed by atoms with van der Waals surface area (Å²) < 4.78 is 6.45. The normalized spacial score (nSPS) is 21.9. The molecule has 0 bridgehead atoms. The van der Waals surface area contributed by atoms with Crippen LogP contribution in [0.1, 0.15) is 49.3 Å². The second-order valence-electron chi connectivity index (χ2n) is 7.96. The highest BCUT2D eigenvalue weighted by Crippen LogP contribution is 2.36. The van der Waals surface area contributed by atoms with E-state index in [1.54, 1.807) is 6.20 Å². The van der Waals surface area contributed by atoms with Crippen LogP contribution in [0.2, 0.25) is 0 Å². The second-order valence-corrected chi connectivity index (χ2v) is 7.96. The minimum Gasteiger partial charge on any atom is -0.477 e. The van der Waals surface area contributed by atoms with Gasteiger partial charge in [0.25, 0.3) is 5.91 Å². The maximum absolute atomic E-state index is 13.9. The van der Waals surface area contributed by atoms with Crippen LogP contribution in [0.25, 0.3) is 0 Å². The maximum atomic E-state index is 13.9. The van der Waals surface area contributed by atoms with Crippen LogP contribution in [0.4, 0.5) is 0 Å². The Kier molecular flexibility index (Phi) is 5.62. The summed E-state index contributed by atoms with van der Waals surface area (Å²) in [5, 5.41) is 3.37. The third-order valence-electron chi connectivity index (χ3n) is 5.97. The van der Waals surface area contributed by atoms with E-state index in [2.05, 4.69) is 28.2 Å². The number of aryl methyl sites for hydroxylation is 1. The minimum atomic E-state index is -0.793. The van der Waals surface area contributed by atoms with Crippen LogP contribution < -0.4 is 10.1 Å². The molecule has 2 aromatic rings. The molecule has 1 aromatic carbocycles. The Labute approximate surface area is 167 Å². The number of carbonyl (C=O) groups is 1. The van der Waals surface area contributed by atoms with Gasteiger partial charge in [-0.2, -0.15) is 0 Å². The molecule has 28 heavy (non-hydrogen) atoms. The van der Waals surface area contributed by atoms with E-state index in [4.69, 9.17) is 4.74 Å². The number of likely N-dealkylation sites (tertiary alicyclic amines) is 1. The molecule has 0 radical (unpaired) electrons. The highest BCUT2D eigenvalue weighted by molar-refractivity contribution is 5.86. The first kappa shape index (κ1) is 18.9. The van der Waals surface area contributed by atoms with E-state index in [0.29, 0.717) is 12.8 Å². The molecule has 0 unspecified atom stereocenters. The van der Waals surface area contributed by atoms with Gasteiger partial charge >= 0.3 is 0 Å². The number of nitrogens with zero attached hydrogens (tertiary/aromatic N) is 2. The summed E-state index contributed by atoms with van der Waals surface area (Å²) >= 11 is 0. The number of ether oxygens (including phenoxy) is 1. The summed E-state index contributed by atoms with van der Waals surface area (Å²) in [5.41, 5.74) is 1.51. The van der Waals surface area contributed by atoms with Gasteiger partial charge in [0.2, 0.25) is 0 Å². The standard InChI is InChI=1S/C23H29N3O2/c1-18-7-9-20(10-8-18)28-23(11-14-24-15-12-23)22(27)26-16-3-2-6-21(26)19-5-4-13-25-17-19/h4-5,7-10,13,17,21,24H,2-3,6,11-12,14-16H2,1H3/t21-/m0/s1. The predicted octanol–water partition coefficient (Wildman–Crippen LogP) is 3.64. The van der Waals surface area contributed by atoms with Crippen molar-refractivity contribution < 1.29 is 9.53 Å². The van der Waals surface area contributed by atoms with Crippen molar-refractivity contribution in [3.63, 3.8) is 0 Å². The number of aromatic nitrogens is 1. The largest absolute Gasteiger partial charge is 0.477 e. The first-order valence-electron chi connectivity index (χ1n) is 10.4. The average molecular weight is 380 g/mol. The van der Waals surface area contributed by atoms with Gasteiger partial charge < -0.3 is 15.0 Å². The molecule has 1 N–H and O–H groups in total. The first-order chi connectivity index (χ1) is 13.7. The Morgan fingerprint density at radius 3 is 2.68 bits per heavy atom. The van der Waals surface area contributed by atoms with Gasteiger partial charge in [-0.05, 0) is 63.0 Å². The van der Waals surface area contributed by atoms with Gasteiger partial charge in [0.15, 0.2) is 5.60 Å². The molecule has 148 valence electrons. The van der Waals surface area contributed by atoms with Crippen molar-refractivity contribution in [2.75, 3.05) is 19.6 Å². The lowest BCUT2D eigenvalue weighted by Gasteiger charge is -2.44. The second kappa shape index (κ2) is 8.31. The van der Waals surface area contributed by atoms with Gasteiger partial charge in [0.05, 0.1) is 6.04 Å². The third-order valence-corrected chi connectivity index (χ3v) is 5.97. The molecule has 0 spiro atoms. The molecule has 4 rings (SSSR count). The summed E-state index contributed by atoms with van der Waals surface area (Å²) in [6.45, 7) is 4.43. The Morgan fingerprint density at radius 1 is 1.18 bits per heavy atom. The lowest BCUT2D eigenvalue weighted by Crippen LogP contribution is -2.58. The lowest BCUT2D eigenvalue weighted by molar-refractivity contribution is -0.155. The fourth-order valence-corrected chi connectivity index (χ4v) is 4.38. The molecule has 1 amide bonds. The van der Waals surface area contributed by atoms with E-state index in [-0.39, 0.29) is 11.9 Å². The Hall–Kier alpha value is -2.40. The maximum Gasteiger partial charge on any atom is 0.267 e. The van der Waals surface area contributed by atoms with Gasteiger partial charge in [-0.1, -0.05) is 23.8 Å². The molecule has 2 saturated heterocycles. The number of carbonyl (C=O) groups excluding carboxylic acids is 1. The van der Waals surface area contributed by atoms with Crippen molar-refractivity contribution in [1.29, 1.82) is 0 Å². The van der Waals surface area contributed by atoms with Crippen LogP contribution in [0, 0.1) is 6.92 Å². The summed E-state index contributed by atoms with van der Waals surface area (Å²) in [5.74, 6) is 0.902. The van der Waals surface area contributed by atoms with E-state index in [9.17, 15) is 4.79 Å². The van der Waals surface area contributed by atoms with Crippen LogP contribution in [0.15, 0.2) is 48.8 Å². The molecule has 5 nitrogen and oxygen atoms in total. The fraction of sp³-hybridized carbons (Fsp3) is 0.478. The van der Waals surface area contributed by atoms with Crippen molar-refractivity contribution in [2.24, 2.45) is 0 Å². The number of benzene rings is 1. The molecule has 5 heteroatoms. The van der Waals surface area contributed by atoms with Crippen LogP contribution in [-0.2, 0) is 4.79 Å². The zero-order valence-electron chi connectivity index (χ0n) is 16.6. The Morgan fingerprint density at radius 2 is 1.96 bits per heavy atom. The monoisotopic (exact) mass is 379 g/mol. The smallest absolute Gasteiger partial charge is 0.267 e. The number of rotatable bonds is 4. The van der Waals surface area contributed by atoms with Crippen LogP contribution in [-0.4, -0.2) is 41.0 Å². The van der Waals surface area contributed by atoms with Crippen molar-refractivity contribution in [3.8, 4) is 5.75 Å². The number of hydrogen-bond acceptors (Lipinski definition) is 4. The quantitative estimate of drug-likeness (QED) is 0.881. The van der Waals surface area contributed by atoms with Crippen molar-refractivity contribution >= 4 is 5.91 Å². The Balaban J connectivity index is 1.63. The van der Waals surface area contributed by atoms with E-state index < -0.39 is 5.60 Å². The van der Waals surface area contributed by atoms with Crippen molar-refractivity contribution in [1.82, 2.24) is 15.2 Å². The van der Waals surface area contributed by atoms with E-state index in [1.807, 2.05) is 36.5 Å². The topological polar surface area (TPSA) is 54.5 Å². The summed E-state index contributed by atoms with van der Waals surface area (Å²) in [6.07, 6.45) is 8.22. The van der Waals surface area contributed by atoms with Gasteiger partial charge in [-0.3, -0.25) is 9.78 Å². The molecular formula is C23H29N3O2. The zero-order valence-corrected chi connectivity index (χ0v) is 16.6. The van der Waals surface area contributed by atoms with E-state index >= 15 is 0 Å². The van der Waals surface area contributed by atoms with Crippen molar-refractivity contribution in [3.05, 3.63) is 59.9 Å². The summed E-state index contributed by atoms with van der Waals surface area (Å²) in [4.78, 5) is 20.2. The van der Waals surface area contributed by atoms with Crippen LogP contribution in [0.3, 0.4) is 0 Å². The zero-order chi connectivity index (χ0) is 19.4. The van der Waals surface area contributed by atoms with Gasteiger partial charge in [-0.15, -0.1) is 0 Å². The molecular weight excluding hydrogens is 350 g/mol. The highest BCUT2D eigenvalue weighted by Gasteiger charge is 2.46. The molecule has 1 atom stereocenters. The summed E-state index contributed by atoms with van der Waals surface area (Å²) in [7, 11) is 0. The lowest BCUT2D eigenvalue weighted by atomic mass is 9.87. The van der Waals surface area contributed by atoms with Crippen LogP contribution >= 0.6 is 0 Å². The molecule has 2 fully saturated rings. The minimum absolute atomic E-state index is 0.0864. The molecule has 2 aliphatic rings. The average Bonchev–Trinajstić information content (AvgIpc) is 2.76. The third kappa shape index (κ3) is 3.90. The number of hydrogen-bond donors (Lipinski definition) is 1. The number of pyridine rings is 1. The van der Waals surface area contributed by atoms with Crippen molar-refractivity contribution in [2.45, 2.75) is 50.7 Å². The van der Waals surface area contributed by atoms with Gasteiger partial charge in [0.1, 0.15) is 5.75 Å².